The number of carbonyl (C=O) groups excluding carboxylic acids is 2. The standard InChI is InChI=1S/C29H25NO6/c1-34-29-24(30-27(32)21-14-8-9-15-22(21)28(30)33)26(35-18-20-12-6-3-7-13-20)25(31)23(36-29)17-16-19-10-4-2-5-11-19/h2-15,23-26,29,31H,18H2,1H3/t23-,24+,25+,26+,29+/m0/s1. The zero-order valence-electron chi connectivity index (χ0n) is 19.6. The highest BCUT2D eigenvalue weighted by Crippen LogP contribution is 2.34. The highest BCUT2D eigenvalue weighted by atomic mass is 16.7. The smallest absolute Gasteiger partial charge is 0.262 e. The van der Waals surface area contributed by atoms with E-state index in [9.17, 15) is 14.7 Å². The van der Waals surface area contributed by atoms with Crippen molar-refractivity contribution in [3.8, 4) is 11.8 Å². The molecule has 2 aliphatic rings. The molecule has 0 unspecified atom stereocenters. The second kappa shape index (κ2) is 10.4. The maximum atomic E-state index is 13.3. The Balaban J connectivity index is 1.49. The molecule has 2 aliphatic heterocycles. The number of nitrogens with zero attached hydrogens (tertiary/aromatic N) is 1. The number of methoxy groups -OCH3 is 1. The molecule has 36 heavy (non-hydrogen) atoms. The fourth-order valence-corrected chi connectivity index (χ4v) is 4.54. The van der Waals surface area contributed by atoms with Gasteiger partial charge in [-0.1, -0.05) is 72.5 Å². The lowest BCUT2D eigenvalue weighted by molar-refractivity contribution is -0.263. The van der Waals surface area contributed by atoms with Gasteiger partial charge in [-0.25, -0.2) is 0 Å². The molecule has 0 aromatic heterocycles. The molecule has 0 aliphatic carbocycles. The highest BCUT2D eigenvalue weighted by molar-refractivity contribution is 6.21. The summed E-state index contributed by atoms with van der Waals surface area (Å²) in [5, 5.41) is 11.4. The number of ether oxygens (including phenoxy) is 3. The summed E-state index contributed by atoms with van der Waals surface area (Å²) in [7, 11) is 1.42. The number of aliphatic hydroxyl groups is 1. The van der Waals surface area contributed by atoms with Crippen LogP contribution in [0.25, 0.3) is 0 Å². The van der Waals surface area contributed by atoms with Crippen molar-refractivity contribution in [3.63, 3.8) is 0 Å². The number of imide groups is 1. The van der Waals surface area contributed by atoms with Crippen molar-refractivity contribution in [2.75, 3.05) is 7.11 Å². The Morgan fingerprint density at radius 2 is 1.47 bits per heavy atom. The van der Waals surface area contributed by atoms with Gasteiger partial charge in [0.1, 0.15) is 24.4 Å². The van der Waals surface area contributed by atoms with Crippen LogP contribution in [-0.4, -0.2) is 59.6 Å². The Morgan fingerprint density at radius 1 is 0.889 bits per heavy atom. The summed E-state index contributed by atoms with van der Waals surface area (Å²) in [5.41, 5.74) is 2.21. The summed E-state index contributed by atoms with van der Waals surface area (Å²) in [5.74, 6) is 5.00. The minimum absolute atomic E-state index is 0.150. The van der Waals surface area contributed by atoms with E-state index in [-0.39, 0.29) is 6.61 Å². The summed E-state index contributed by atoms with van der Waals surface area (Å²) in [6.07, 6.45) is -4.30. The Labute approximate surface area is 209 Å². The van der Waals surface area contributed by atoms with Gasteiger partial charge in [0.25, 0.3) is 11.8 Å². The Hall–Kier alpha value is -3.80. The molecule has 3 aromatic carbocycles. The van der Waals surface area contributed by atoms with Crippen LogP contribution in [0, 0.1) is 11.8 Å². The molecule has 0 bridgehead atoms. The number of benzene rings is 3. The Kier molecular flexibility index (Phi) is 6.94. The van der Waals surface area contributed by atoms with Gasteiger partial charge in [-0.05, 0) is 29.8 Å². The molecule has 7 heteroatoms. The number of amides is 2. The first kappa shape index (κ1) is 23.9. The number of rotatable bonds is 5. The zero-order chi connectivity index (χ0) is 25.1. The quantitative estimate of drug-likeness (QED) is 0.444. The number of hydrogen-bond donors (Lipinski definition) is 1. The van der Waals surface area contributed by atoms with Gasteiger partial charge in [0.15, 0.2) is 6.29 Å². The van der Waals surface area contributed by atoms with Crippen molar-refractivity contribution < 1.29 is 28.9 Å². The summed E-state index contributed by atoms with van der Waals surface area (Å²) >= 11 is 0. The predicted octanol–water partition coefficient (Wildman–Crippen LogP) is 3.02. The van der Waals surface area contributed by atoms with E-state index in [0.29, 0.717) is 11.1 Å². The van der Waals surface area contributed by atoms with Gasteiger partial charge >= 0.3 is 0 Å². The van der Waals surface area contributed by atoms with Crippen LogP contribution >= 0.6 is 0 Å². The van der Waals surface area contributed by atoms with Crippen LogP contribution in [-0.2, 0) is 20.8 Å². The molecule has 2 amide bonds. The SMILES string of the molecule is CO[C@@H]1O[C@@H](C#Cc2ccccc2)[C@@H](O)[C@H](OCc2ccccc2)[C@H]1N1C(=O)c2ccccc2C1=O. The van der Waals surface area contributed by atoms with E-state index in [1.54, 1.807) is 24.3 Å². The van der Waals surface area contributed by atoms with Gasteiger partial charge in [0.2, 0.25) is 0 Å². The van der Waals surface area contributed by atoms with Gasteiger partial charge in [0.05, 0.1) is 17.7 Å². The maximum Gasteiger partial charge on any atom is 0.262 e. The van der Waals surface area contributed by atoms with Crippen molar-refractivity contribution in [1.82, 2.24) is 4.90 Å². The predicted molar refractivity (Wildman–Crippen MR) is 131 cm³/mol. The largest absolute Gasteiger partial charge is 0.387 e. The monoisotopic (exact) mass is 483 g/mol. The summed E-state index contributed by atoms with van der Waals surface area (Å²) in [6.45, 7) is 0.150. The van der Waals surface area contributed by atoms with Crippen LogP contribution in [0.5, 0.6) is 0 Å². The Morgan fingerprint density at radius 3 is 2.08 bits per heavy atom. The highest BCUT2D eigenvalue weighted by Gasteiger charge is 2.54. The summed E-state index contributed by atoms with van der Waals surface area (Å²) < 4.78 is 17.8. The lowest BCUT2D eigenvalue weighted by Gasteiger charge is -2.45. The second-order valence-electron chi connectivity index (χ2n) is 8.56. The molecule has 3 aromatic rings. The topological polar surface area (TPSA) is 85.3 Å². The van der Waals surface area contributed by atoms with E-state index in [1.165, 1.54) is 7.11 Å². The van der Waals surface area contributed by atoms with Crippen molar-refractivity contribution in [2.45, 2.75) is 37.3 Å². The van der Waals surface area contributed by atoms with Crippen LogP contribution in [0.1, 0.15) is 31.8 Å². The van der Waals surface area contributed by atoms with Gasteiger partial charge in [-0.3, -0.25) is 14.5 Å². The fraction of sp³-hybridized carbons (Fsp3) is 0.241. The molecule has 1 fully saturated rings. The molecule has 5 rings (SSSR count). The van der Waals surface area contributed by atoms with Gasteiger partial charge in [0, 0.05) is 12.7 Å². The van der Waals surface area contributed by atoms with Crippen molar-refractivity contribution in [3.05, 3.63) is 107 Å². The molecular formula is C29H25NO6. The molecule has 5 atom stereocenters. The van der Waals surface area contributed by atoms with Crippen LogP contribution in [0.3, 0.4) is 0 Å². The molecular weight excluding hydrogens is 458 g/mol. The lowest BCUT2D eigenvalue weighted by Crippen LogP contribution is -2.65. The Bertz CT molecular complexity index is 1260. The van der Waals surface area contributed by atoms with Gasteiger partial charge < -0.3 is 19.3 Å². The molecule has 0 saturated carbocycles. The van der Waals surface area contributed by atoms with Gasteiger partial charge in [-0.15, -0.1) is 0 Å². The molecule has 1 saturated heterocycles. The van der Waals surface area contributed by atoms with Crippen molar-refractivity contribution >= 4 is 11.8 Å². The van der Waals surface area contributed by atoms with Gasteiger partial charge in [-0.2, -0.15) is 0 Å². The average molecular weight is 484 g/mol. The van der Waals surface area contributed by atoms with E-state index in [4.69, 9.17) is 14.2 Å². The zero-order valence-corrected chi connectivity index (χ0v) is 19.6. The van der Waals surface area contributed by atoms with Crippen molar-refractivity contribution in [1.29, 1.82) is 0 Å². The fourth-order valence-electron chi connectivity index (χ4n) is 4.54. The molecule has 2 heterocycles. The third-order valence-corrected chi connectivity index (χ3v) is 6.32. The van der Waals surface area contributed by atoms with E-state index < -0.39 is 42.5 Å². The third-order valence-electron chi connectivity index (χ3n) is 6.32. The first-order valence-electron chi connectivity index (χ1n) is 11.6. The van der Waals surface area contributed by atoms with E-state index in [1.807, 2.05) is 60.7 Å². The summed E-state index contributed by atoms with van der Waals surface area (Å²) in [6, 6.07) is 24.3. The van der Waals surface area contributed by atoms with Crippen molar-refractivity contribution in [2.24, 2.45) is 0 Å². The molecule has 0 spiro atoms. The molecule has 182 valence electrons. The van der Waals surface area contributed by atoms with E-state index in [2.05, 4.69) is 11.8 Å². The minimum atomic E-state index is -1.26. The normalized spacial score (nSPS) is 25.3. The average Bonchev–Trinajstić information content (AvgIpc) is 3.17. The van der Waals surface area contributed by atoms with Crippen LogP contribution in [0.4, 0.5) is 0 Å². The molecule has 1 N–H and O–H groups in total. The number of fused-ring (bicyclic) bond motifs is 1. The molecule has 7 nitrogen and oxygen atoms in total. The summed E-state index contributed by atoms with van der Waals surface area (Å²) in [4.78, 5) is 27.7. The van der Waals surface area contributed by atoms with E-state index >= 15 is 0 Å². The van der Waals surface area contributed by atoms with E-state index in [0.717, 1.165) is 16.0 Å². The van der Waals surface area contributed by atoms with Crippen LogP contribution in [0.15, 0.2) is 84.9 Å². The number of hydrogen-bond acceptors (Lipinski definition) is 6. The second-order valence-corrected chi connectivity index (χ2v) is 8.56. The lowest BCUT2D eigenvalue weighted by atomic mass is 9.94. The maximum absolute atomic E-state index is 13.3. The minimum Gasteiger partial charge on any atom is -0.387 e. The van der Waals surface area contributed by atoms with Crippen LogP contribution in [0.2, 0.25) is 0 Å². The molecule has 0 radical (unpaired) electrons. The number of carbonyl (C=O) groups is 2. The third kappa shape index (κ3) is 4.55. The number of aliphatic hydroxyl groups excluding tert-OH is 1. The van der Waals surface area contributed by atoms with Crippen LogP contribution < -0.4 is 0 Å². The first-order chi connectivity index (χ1) is 17.6. The first-order valence-corrected chi connectivity index (χ1v) is 11.6.